The van der Waals surface area contributed by atoms with Crippen LogP contribution in [0.25, 0.3) is 0 Å². The van der Waals surface area contributed by atoms with E-state index in [9.17, 15) is 46.7 Å². The zero-order valence-electron chi connectivity index (χ0n) is 22.2. The number of thioether (sulfide) groups is 1. The summed E-state index contributed by atoms with van der Waals surface area (Å²) in [6, 6.07) is -1.42. The van der Waals surface area contributed by atoms with E-state index < -0.39 is 83.8 Å². The number of nitrogens with zero attached hydrogens (tertiary/aromatic N) is 4. The van der Waals surface area contributed by atoms with Crippen LogP contribution in [0.15, 0.2) is 33.5 Å². The van der Waals surface area contributed by atoms with Crippen molar-refractivity contribution in [3.05, 3.63) is 34.0 Å². The van der Waals surface area contributed by atoms with Crippen LogP contribution in [-0.4, -0.2) is 115 Å². The number of nitrogens with two attached hydrogens (primary N) is 1. The molecule has 0 bridgehead atoms. The number of hydrogen-bond donors (Lipinski definition) is 4. The molecule has 17 nitrogen and oxygen atoms in total. The number of alkyl halides is 3. The third kappa shape index (κ3) is 7.22. The number of anilines is 1. The first kappa shape index (κ1) is 32.9. The van der Waals surface area contributed by atoms with Crippen LogP contribution >= 0.6 is 23.1 Å². The first-order valence-electron chi connectivity index (χ1n) is 12.2. The Morgan fingerprint density at radius 3 is 2.51 bits per heavy atom. The molecule has 240 valence electrons. The number of β-lactam (4-membered cyclic amide) rings is 1. The molecule has 3 aliphatic heterocycles. The third-order valence-corrected chi connectivity index (χ3v) is 8.08. The average Bonchev–Trinajstić information content (AvgIpc) is 3.53. The minimum atomic E-state index is -5.57. The highest BCUT2D eigenvalue weighted by molar-refractivity contribution is 8.00. The third-order valence-electron chi connectivity index (χ3n) is 6.11. The Morgan fingerprint density at radius 1 is 1.20 bits per heavy atom. The van der Waals surface area contributed by atoms with Crippen LogP contribution in [0.2, 0.25) is 0 Å². The van der Waals surface area contributed by atoms with Crippen molar-refractivity contribution in [2.45, 2.75) is 24.0 Å². The summed E-state index contributed by atoms with van der Waals surface area (Å²) in [5.41, 5.74) is 3.89. The molecule has 1 aromatic heterocycles. The van der Waals surface area contributed by atoms with E-state index in [1.165, 1.54) is 5.38 Å². The fourth-order valence-corrected chi connectivity index (χ4v) is 6.07. The quantitative estimate of drug-likeness (QED) is 0.0583. The van der Waals surface area contributed by atoms with Gasteiger partial charge in [-0.1, -0.05) is 5.16 Å². The molecule has 0 aromatic carbocycles. The number of ether oxygens (including phenoxy) is 1. The van der Waals surface area contributed by atoms with Gasteiger partial charge in [-0.25, -0.2) is 19.4 Å². The highest BCUT2D eigenvalue weighted by atomic mass is 32.2. The minimum Gasteiger partial charge on any atom is -0.480 e. The van der Waals surface area contributed by atoms with Gasteiger partial charge in [-0.3, -0.25) is 24.1 Å². The molecule has 0 aliphatic carbocycles. The molecule has 0 saturated carbocycles. The van der Waals surface area contributed by atoms with Gasteiger partial charge >= 0.3 is 30.1 Å². The van der Waals surface area contributed by atoms with Crippen molar-refractivity contribution in [3.8, 4) is 0 Å². The summed E-state index contributed by atoms with van der Waals surface area (Å²) >= 11 is 1.82. The van der Waals surface area contributed by atoms with E-state index in [1.807, 2.05) is 0 Å². The molecule has 2 atom stereocenters. The van der Waals surface area contributed by atoms with Gasteiger partial charge in [0.15, 0.2) is 10.8 Å². The maximum atomic E-state index is 13.2. The highest BCUT2D eigenvalue weighted by Gasteiger charge is 2.55. The fraction of sp³-hybridized carbons (Fsp3) is 0.348. The summed E-state index contributed by atoms with van der Waals surface area (Å²) in [5.74, 6) is -10.5. The van der Waals surface area contributed by atoms with Crippen molar-refractivity contribution in [1.82, 2.24) is 20.1 Å². The van der Waals surface area contributed by atoms with E-state index in [0.29, 0.717) is 4.90 Å². The Labute approximate surface area is 256 Å². The van der Waals surface area contributed by atoms with E-state index in [-0.39, 0.29) is 40.7 Å². The molecule has 45 heavy (non-hydrogen) atoms. The van der Waals surface area contributed by atoms with Gasteiger partial charge < -0.3 is 35.7 Å². The fourth-order valence-electron chi connectivity index (χ4n) is 4.22. The number of fused-ring (bicyclic) bond motifs is 1. The maximum Gasteiger partial charge on any atom is 0.491 e. The Balaban J connectivity index is 1.62. The maximum absolute atomic E-state index is 13.2. The number of carbonyl (C=O) groups excluding carboxylic acids is 5. The van der Waals surface area contributed by atoms with E-state index in [0.717, 1.165) is 34.1 Å². The lowest BCUT2D eigenvalue weighted by Gasteiger charge is -2.49. The van der Waals surface area contributed by atoms with Crippen LogP contribution in [0.3, 0.4) is 0 Å². The minimum absolute atomic E-state index is 0.00614. The molecule has 0 radical (unpaired) electrons. The number of nitrogen functional groups attached to an aromatic ring is 1. The Morgan fingerprint density at radius 2 is 1.91 bits per heavy atom. The van der Waals surface area contributed by atoms with Gasteiger partial charge in [0.25, 0.3) is 11.8 Å². The molecule has 4 heterocycles. The van der Waals surface area contributed by atoms with Gasteiger partial charge in [-0.15, -0.1) is 23.1 Å². The summed E-state index contributed by atoms with van der Waals surface area (Å²) in [6.45, 7) is -1.58. The summed E-state index contributed by atoms with van der Waals surface area (Å²) in [6.07, 6.45) is -4.45. The number of nitrogens with one attached hydrogen (secondary N) is 1. The first-order valence-corrected chi connectivity index (χ1v) is 14.2. The topological polar surface area (TPSA) is 248 Å². The largest absolute Gasteiger partial charge is 0.491 e. The van der Waals surface area contributed by atoms with Gasteiger partial charge in [0.05, 0.1) is 0 Å². The number of amides is 3. The van der Waals surface area contributed by atoms with Gasteiger partial charge in [-0.05, 0) is 18.1 Å². The Bertz CT molecular complexity index is 1590. The van der Waals surface area contributed by atoms with Crippen molar-refractivity contribution >= 4 is 75.5 Å². The van der Waals surface area contributed by atoms with Crippen molar-refractivity contribution in [1.29, 1.82) is 0 Å². The number of aromatic nitrogens is 1. The molecule has 5 N–H and O–H groups in total. The Kier molecular flexibility index (Phi) is 9.46. The number of aliphatic carboxylic acids is 2. The number of carboxylic acids is 2. The van der Waals surface area contributed by atoms with E-state index >= 15 is 0 Å². The van der Waals surface area contributed by atoms with E-state index in [2.05, 4.69) is 25.0 Å². The van der Waals surface area contributed by atoms with Gasteiger partial charge in [0, 0.05) is 23.3 Å². The van der Waals surface area contributed by atoms with Crippen LogP contribution in [0.1, 0.15) is 12.1 Å². The molecule has 4 rings (SSSR count). The molecule has 3 aliphatic rings. The number of carboxylic acid groups (broad SMARTS) is 2. The molecular formula is C23H19F3N6O11S2. The first-order chi connectivity index (χ1) is 21.1. The predicted molar refractivity (Wildman–Crippen MR) is 143 cm³/mol. The number of halogens is 3. The van der Waals surface area contributed by atoms with Gasteiger partial charge in [0.1, 0.15) is 29.4 Å². The number of carbonyl (C=O) groups is 7. The zero-order chi connectivity index (χ0) is 33.2. The van der Waals surface area contributed by atoms with Crippen LogP contribution in [0.5, 0.6) is 0 Å². The second-order valence-corrected chi connectivity index (χ2v) is 11.1. The van der Waals surface area contributed by atoms with E-state index in [1.54, 1.807) is 0 Å². The molecule has 0 unspecified atom stereocenters. The molecular weight excluding hydrogens is 657 g/mol. The Hall–Kier alpha value is -4.99. The van der Waals surface area contributed by atoms with Crippen LogP contribution in [0, 0.1) is 0 Å². The molecule has 3 amide bonds. The van der Waals surface area contributed by atoms with Gasteiger partial charge in [0.2, 0.25) is 12.5 Å². The normalized spacial score (nSPS) is 21.0. The smallest absolute Gasteiger partial charge is 0.480 e. The molecule has 0 spiro atoms. The number of likely N-dealkylation sites (tertiary alicyclic amines) is 1. The number of thiazole rings is 1. The number of hydrogen-bond acceptors (Lipinski definition) is 14. The van der Waals surface area contributed by atoms with Crippen LogP contribution in [0.4, 0.5) is 18.3 Å². The summed E-state index contributed by atoms with van der Waals surface area (Å²) in [7, 11) is 0. The number of oxime groups is 1. The van der Waals surface area contributed by atoms with Crippen LogP contribution < -0.4 is 11.1 Å². The molecule has 22 heteroatoms. The van der Waals surface area contributed by atoms with Gasteiger partial charge in [-0.2, -0.15) is 13.2 Å². The second kappa shape index (κ2) is 12.9. The number of esters is 2. The second-order valence-electron chi connectivity index (χ2n) is 9.13. The zero-order valence-corrected chi connectivity index (χ0v) is 23.9. The van der Waals surface area contributed by atoms with Crippen molar-refractivity contribution in [2.24, 2.45) is 5.16 Å². The van der Waals surface area contributed by atoms with Crippen molar-refractivity contribution in [3.63, 3.8) is 0 Å². The lowest BCUT2D eigenvalue weighted by atomic mass is 10.0. The van der Waals surface area contributed by atoms with Crippen molar-refractivity contribution < 1.29 is 66.5 Å². The monoisotopic (exact) mass is 676 g/mol. The average molecular weight is 677 g/mol. The molecule has 2 fully saturated rings. The van der Waals surface area contributed by atoms with Crippen molar-refractivity contribution in [2.75, 3.05) is 31.2 Å². The summed E-state index contributed by atoms with van der Waals surface area (Å²) < 4.78 is 42.6. The predicted octanol–water partition coefficient (Wildman–Crippen LogP) is -0.940. The standard InChI is InChI=1S/C23H19F3N6O11S2/c24-23(25,26)21(41)43-20(40)15-9(3-8-1-2-31(17(8)38)4-11(33)34)6-44-19-14(18(39)32(15)19)29-16(37)13(30-42-5-12(35)36)10-7-45-22(27)28-10/h3,7,14,19H,1-2,4-6H2,(H2,27,28)(H,29,37)(H,33,34)(H,35,36)/b8-3?,30-13-/t14-,19-/m1/s1. The van der Waals surface area contributed by atoms with E-state index in [4.69, 9.17) is 15.9 Å². The highest BCUT2D eigenvalue weighted by Crippen LogP contribution is 2.42. The van der Waals surface area contributed by atoms with Crippen LogP contribution in [-0.2, 0) is 43.1 Å². The summed E-state index contributed by atoms with van der Waals surface area (Å²) in [4.78, 5) is 95.2. The molecule has 1 aromatic rings. The number of rotatable bonds is 10. The summed E-state index contributed by atoms with van der Waals surface area (Å²) in [5, 5.41) is 23.7. The lowest BCUT2D eigenvalue weighted by Crippen LogP contribution is -2.71. The number of allylic oxidation sites excluding steroid dienone is 1. The SMILES string of the molecule is Nc1nc(/C(=N/OCC(=O)O)C(=O)N[C@@H]2C(=O)N3C(C(=O)OC(=O)C(F)(F)F)=C(C=C4CCN(CC(=O)O)C4=O)CS[C@H]23)cs1. The lowest BCUT2D eigenvalue weighted by molar-refractivity contribution is -0.201. The molecule has 2 saturated heterocycles.